The SMILES string of the molecule is CCOC(=O)c1ccc(NC(=O)CNC(=O)c2ccc(COc3ccc(Cl)cc3)o2)cc1. The van der Waals surface area contributed by atoms with Crippen LogP contribution in [0.25, 0.3) is 0 Å². The molecule has 2 aromatic carbocycles. The molecule has 166 valence electrons. The fourth-order valence-corrected chi connectivity index (χ4v) is 2.75. The van der Waals surface area contributed by atoms with Crippen molar-refractivity contribution < 1.29 is 28.3 Å². The second-order valence-electron chi connectivity index (χ2n) is 6.54. The molecule has 0 aliphatic carbocycles. The van der Waals surface area contributed by atoms with Gasteiger partial charge in [0.1, 0.15) is 18.1 Å². The fourth-order valence-electron chi connectivity index (χ4n) is 2.62. The lowest BCUT2D eigenvalue weighted by molar-refractivity contribution is -0.115. The molecule has 0 atom stereocenters. The van der Waals surface area contributed by atoms with Crippen molar-refractivity contribution in [2.75, 3.05) is 18.5 Å². The highest BCUT2D eigenvalue weighted by Crippen LogP contribution is 2.18. The molecule has 1 aromatic heterocycles. The van der Waals surface area contributed by atoms with Crippen LogP contribution in [-0.4, -0.2) is 30.9 Å². The van der Waals surface area contributed by atoms with Gasteiger partial charge in [-0.15, -0.1) is 0 Å². The van der Waals surface area contributed by atoms with Crippen molar-refractivity contribution >= 4 is 35.1 Å². The Hall–Kier alpha value is -3.78. The second kappa shape index (κ2) is 11.0. The molecule has 0 unspecified atom stereocenters. The molecule has 0 saturated heterocycles. The van der Waals surface area contributed by atoms with Crippen LogP contribution in [-0.2, 0) is 16.1 Å². The largest absolute Gasteiger partial charge is 0.486 e. The zero-order valence-corrected chi connectivity index (χ0v) is 18.0. The van der Waals surface area contributed by atoms with Crippen LogP contribution in [0.1, 0.15) is 33.6 Å². The monoisotopic (exact) mass is 456 g/mol. The maximum Gasteiger partial charge on any atom is 0.338 e. The molecule has 3 aromatic rings. The van der Waals surface area contributed by atoms with E-state index >= 15 is 0 Å². The Bertz CT molecular complexity index is 1080. The summed E-state index contributed by atoms with van der Waals surface area (Å²) in [7, 11) is 0. The van der Waals surface area contributed by atoms with Crippen LogP contribution in [0, 0.1) is 0 Å². The standard InChI is InChI=1S/C23H21ClN2O6/c1-2-30-23(29)15-3-7-17(8-4-15)26-21(27)13-25-22(28)20-12-11-19(32-20)14-31-18-9-5-16(24)6-10-18/h3-12H,2,13-14H2,1H3,(H,25,28)(H,26,27). The fraction of sp³-hybridized carbons (Fsp3) is 0.174. The third-order valence-corrected chi connectivity index (χ3v) is 4.42. The predicted octanol–water partition coefficient (Wildman–Crippen LogP) is 4.06. The molecule has 1 heterocycles. The summed E-state index contributed by atoms with van der Waals surface area (Å²) in [6.07, 6.45) is 0. The van der Waals surface area contributed by atoms with Crippen LogP contribution >= 0.6 is 11.6 Å². The number of hydrogen-bond acceptors (Lipinski definition) is 6. The van der Waals surface area contributed by atoms with E-state index in [0.717, 1.165) is 0 Å². The molecular formula is C23H21ClN2O6. The van der Waals surface area contributed by atoms with Crippen LogP contribution in [0.4, 0.5) is 5.69 Å². The number of halogens is 1. The number of carbonyl (C=O) groups excluding carboxylic acids is 3. The van der Waals surface area contributed by atoms with Gasteiger partial charge in [-0.05, 0) is 67.6 Å². The van der Waals surface area contributed by atoms with E-state index in [2.05, 4.69) is 10.6 Å². The van der Waals surface area contributed by atoms with E-state index in [4.69, 9.17) is 25.5 Å². The molecule has 32 heavy (non-hydrogen) atoms. The van der Waals surface area contributed by atoms with Gasteiger partial charge in [0.05, 0.1) is 18.7 Å². The number of nitrogens with one attached hydrogen (secondary N) is 2. The summed E-state index contributed by atoms with van der Waals surface area (Å²) in [4.78, 5) is 35.9. The molecular weight excluding hydrogens is 436 g/mol. The van der Waals surface area contributed by atoms with E-state index in [1.807, 2.05) is 0 Å². The molecule has 3 rings (SSSR count). The highest BCUT2D eigenvalue weighted by Gasteiger charge is 2.13. The zero-order valence-electron chi connectivity index (χ0n) is 17.2. The van der Waals surface area contributed by atoms with Gasteiger partial charge in [0.25, 0.3) is 5.91 Å². The summed E-state index contributed by atoms with van der Waals surface area (Å²) in [5.74, 6) is -0.268. The van der Waals surface area contributed by atoms with E-state index in [1.54, 1.807) is 61.5 Å². The molecule has 0 aliphatic heterocycles. The minimum absolute atomic E-state index is 0.0614. The van der Waals surface area contributed by atoms with Gasteiger partial charge in [-0.25, -0.2) is 4.79 Å². The number of hydrogen-bond donors (Lipinski definition) is 2. The van der Waals surface area contributed by atoms with Crippen molar-refractivity contribution in [1.29, 1.82) is 0 Å². The average Bonchev–Trinajstić information content (AvgIpc) is 3.27. The van der Waals surface area contributed by atoms with Crippen LogP contribution in [0.2, 0.25) is 5.02 Å². The van der Waals surface area contributed by atoms with Crippen molar-refractivity contribution in [1.82, 2.24) is 5.32 Å². The lowest BCUT2D eigenvalue weighted by Gasteiger charge is -2.07. The summed E-state index contributed by atoms with van der Waals surface area (Å²) >= 11 is 5.83. The van der Waals surface area contributed by atoms with E-state index in [9.17, 15) is 14.4 Å². The van der Waals surface area contributed by atoms with Crippen molar-refractivity contribution in [3.05, 3.63) is 82.8 Å². The van der Waals surface area contributed by atoms with E-state index in [0.29, 0.717) is 27.8 Å². The second-order valence-corrected chi connectivity index (χ2v) is 6.97. The summed E-state index contributed by atoms with van der Waals surface area (Å²) < 4.78 is 15.9. The number of benzene rings is 2. The number of rotatable bonds is 9. The molecule has 8 nitrogen and oxygen atoms in total. The smallest absolute Gasteiger partial charge is 0.338 e. The Kier molecular flexibility index (Phi) is 7.88. The molecule has 2 amide bonds. The molecule has 0 fully saturated rings. The lowest BCUT2D eigenvalue weighted by atomic mass is 10.2. The molecule has 0 radical (unpaired) electrons. The Morgan fingerprint density at radius 1 is 0.969 bits per heavy atom. The van der Waals surface area contributed by atoms with Gasteiger partial charge < -0.3 is 24.5 Å². The van der Waals surface area contributed by atoms with Gasteiger partial charge in [-0.2, -0.15) is 0 Å². The van der Waals surface area contributed by atoms with Gasteiger partial charge in [0, 0.05) is 10.7 Å². The molecule has 0 bridgehead atoms. The average molecular weight is 457 g/mol. The number of esters is 1. The highest BCUT2D eigenvalue weighted by molar-refractivity contribution is 6.30. The van der Waals surface area contributed by atoms with E-state index in [-0.39, 0.29) is 25.5 Å². The molecule has 0 aliphatic rings. The van der Waals surface area contributed by atoms with Gasteiger partial charge in [-0.3, -0.25) is 9.59 Å². The van der Waals surface area contributed by atoms with Gasteiger partial charge in [-0.1, -0.05) is 11.6 Å². The quantitative estimate of drug-likeness (QED) is 0.470. The Morgan fingerprint density at radius 3 is 2.38 bits per heavy atom. The van der Waals surface area contributed by atoms with E-state index in [1.165, 1.54) is 6.07 Å². The minimum Gasteiger partial charge on any atom is -0.486 e. The lowest BCUT2D eigenvalue weighted by Crippen LogP contribution is -2.32. The Morgan fingerprint density at radius 2 is 1.69 bits per heavy atom. The zero-order chi connectivity index (χ0) is 22.9. The van der Waals surface area contributed by atoms with Crippen LogP contribution in [0.5, 0.6) is 5.75 Å². The Labute approximate surface area is 189 Å². The number of carbonyl (C=O) groups is 3. The van der Waals surface area contributed by atoms with Crippen LogP contribution in [0.15, 0.2) is 65.1 Å². The van der Waals surface area contributed by atoms with Crippen molar-refractivity contribution in [2.45, 2.75) is 13.5 Å². The minimum atomic E-state index is -0.532. The first-order valence-corrected chi connectivity index (χ1v) is 10.1. The van der Waals surface area contributed by atoms with Crippen molar-refractivity contribution in [3.63, 3.8) is 0 Å². The highest BCUT2D eigenvalue weighted by atomic mass is 35.5. The van der Waals surface area contributed by atoms with Crippen LogP contribution in [0.3, 0.4) is 0 Å². The maximum atomic E-state index is 12.2. The first kappa shape index (κ1) is 22.9. The summed E-state index contributed by atoms with van der Waals surface area (Å²) in [6.45, 7) is 1.88. The van der Waals surface area contributed by atoms with Gasteiger partial charge >= 0.3 is 5.97 Å². The third kappa shape index (κ3) is 6.61. The van der Waals surface area contributed by atoms with E-state index < -0.39 is 17.8 Å². The topological polar surface area (TPSA) is 107 Å². The summed E-state index contributed by atoms with van der Waals surface area (Å²) in [5, 5.41) is 5.72. The van der Waals surface area contributed by atoms with Crippen LogP contribution < -0.4 is 15.4 Å². The number of ether oxygens (including phenoxy) is 2. The van der Waals surface area contributed by atoms with Gasteiger partial charge in [0.15, 0.2) is 5.76 Å². The predicted molar refractivity (Wildman–Crippen MR) is 118 cm³/mol. The first-order valence-electron chi connectivity index (χ1n) is 9.77. The maximum absolute atomic E-state index is 12.2. The summed E-state index contributed by atoms with van der Waals surface area (Å²) in [5.41, 5.74) is 0.865. The normalized spacial score (nSPS) is 10.3. The molecule has 9 heteroatoms. The van der Waals surface area contributed by atoms with Crippen molar-refractivity contribution in [2.24, 2.45) is 0 Å². The molecule has 2 N–H and O–H groups in total. The van der Waals surface area contributed by atoms with Gasteiger partial charge in [0.2, 0.25) is 5.91 Å². The Balaban J connectivity index is 1.44. The van der Waals surface area contributed by atoms with Crippen molar-refractivity contribution in [3.8, 4) is 5.75 Å². The number of furan rings is 1. The summed E-state index contributed by atoms with van der Waals surface area (Å²) in [6, 6.07) is 16.2. The molecule has 0 spiro atoms. The number of anilines is 1. The third-order valence-electron chi connectivity index (χ3n) is 4.17. The first-order chi connectivity index (χ1) is 15.4. The number of amides is 2. The molecule has 0 saturated carbocycles.